The van der Waals surface area contributed by atoms with E-state index in [-0.39, 0.29) is 23.2 Å². The van der Waals surface area contributed by atoms with Crippen molar-refractivity contribution in [2.24, 2.45) is 0 Å². The predicted molar refractivity (Wildman–Crippen MR) is 59.4 cm³/mol. The lowest BCUT2D eigenvalue weighted by molar-refractivity contribution is 0.0512. The van der Waals surface area contributed by atoms with Crippen LogP contribution in [0, 0.1) is 0 Å². The van der Waals surface area contributed by atoms with Gasteiger partial charge in [0.1, 0.15) is 5.75 Å². The van der Waals surface area contributed by atoms with E-state index in [1.807, 2.05) is 0 Å². The van der Waals surface area contributed by atoms with Crippen molar-refractivity contribution in [1.82, 2.24) is 4.98 Å². The van der Waals surface area contributed by atoms with Crippen molar-refractivity contribution < 1.29 is 23.4 Å². The molecule has 1 heterocycles. The summed E-state index contributed by atoms with van der Waals surface area (Å²) in [6.07, 6.45) is -2.09. The molecule has 0 aliphatic heterocycles. The zero-order chi connectivity index (χ0) is 13.0. The van der Waals surface area contributed by atoms with Crippen molar-refractivity contribution >= 4 is 21.9 Å². The Morgan fingerprint density at radius 3 is 2.76 bits per heavy atom. The summed E-state index contributed by atoms with van der Waals surface area (Å²) in [4.78, 5) is 15.3. The topological polar surface area (TPSA) is 59.4 Å². The molecular weight excluding hydrogens is 300 g/mol. The van der Waals surface area contributed by atoms with Crippen molar-refractivity contribution in [3.63, 3.8) is 0 Å². The quantitative estimate of drug-likeness (QED) is 0.686. The maximum absolute atomic E-state index is 12.8. The second-order valence-corrected chi connectivity index (χ2v) is 3.59. The van der Waals surface area contributed by atoms with Gasteiger partial charge >= 0.3 is 5.97 Å². The van der Waals surface area contributed by atoms with Gasteiger partial charge in [0, 0.05) is 5.33 Å². The Balaban J connectivity index is 3.40. The summed E-state index contributed by atoms with van der Waals surface area (Å²) in [6.45, 7) is 1.61. The third-order valence-corrected chi connectivity index (χ3v) is 2.53. The summed E-state index contributed by atoms with van der Waals surface area (Å²) in [7, 11) is 0. The molecule has 0 aliphatic rings. The molecule has 0 atom stereocenters. The molecule has 0 amide bonds. The average Bonchev–Trinajstić information content (AvgIpc) is 2.28. The lowest BCUT2D eigenvalue weighted by atomic mass is 10.1. The molecule has 1 N–H and O–H groups in total. The van der Waals surface area contributed by atoms with Crippen LogP contribution in [0.4, 0.5) is 8.78 Å². The first-order chi connectivity index (χ1) is 8.02. The molecule has 1 aromatic heterocycles. The molecule has 4 nitrogen and oxygen atoms in total. The van der Waals surface area contributed by atoms with Crippen molar-refractivity contribution in [2.75, 3.05) is 6.61 Å². The van der Waals surface area contributed by atoms with Gasteiger partial charge in [0.05, 0.1) is 29.6 Å². The van der Waals surface area contributed by atoms with Crippen LogP contribution in [-0.4, -0.2) is 22.7 Å². The zero-order valence-corrected chi connectivity index (χ0v) is 10.5. The van der Waals surface area contributed by atoms with Crippen LogP contribution >= 0.6 is 15.9 Å². The van der Waals surface area contributed by atoms with E-state index in [0.717, 1.165) is 6.20 Å². The fraction of sp³-hybridized carbons (Fsp3) is 0.400. The first-order valence-corrected chi connectivity index (χ1v) is 5.87. The highest BCUT2D eigenvalue weighted by molar-refractivity contribution is 9.08. The fourth-order valence-corrected chi connectivity index (χ4v) is 1.74. The van der Waals surface area contributed by atoms with E-state index < -0.39 is 23.7 Å². The average molecular weight is 310 g/mol. The SMILES string of the molecule is CCOC(=O)c1c(CBr)ncc(O)c1C(F)F. The summed E-state index contributed by atoms with van der Waals surface area (Å²) < 4.78 is 30.3. The highest BCUT2D eigenvalue weighted by Gasteiger charge is 2.27. The number of ether oxygens (including phenoxy) is 1. The molecule has 17 heavy (non-hydrogen) atoms. The molecule has 0 radical (unpaired) electrons. The maximum Gasteiger partial charge on any atom is 0.340 e. The Morgan fingerprint density at radius 2 is 2.29 bits per heavy atom. The number of aromatic hydroxyl groups is 1. The lowest BCUT2D eigenvalue weighted by Gasteiger charge is -2.12. The van der Waals surface area contributed by atoms with Crippen LogP contribution in [0.15, 0.2) is 6.20 Å². The zero-order valence-electron chi connectivity index (χ0n) is 8.91. The molecule has 0 spiro atoms. The number of hydrogen-bond donors (Lipinski definition) is 1. The van der Waals surface area contributed by atoms with Crippen LogP contribution in [0.25, 0.3) is 0 Å². The van der Waals surface area contributed by atoms with E-state index in [1.54, 1.807) is 6.92 Å². The first kappa shape index (κ1) is 13.8. The molecule has 0 unspecified atom stereocenters. The van der Waals surface area contributed by atoms with Crippen LogP contribution < -0.4 is 0 Å². The molecule has 0 aliphatic carbocycles. The summed E-state index contributed by atoms with van der Waals surface area (Å²) in [5.74, 6) is -1.63. The smallest absolute Gasteiger partial charge is 0.340 e. The number of carbonyl (C=O) groups is 1. The Morgan fingerprint density at radius 1 is 1.65 bits per heavy atom. The summed E-state index contributed by atoms with van der Waals surface area (Å²) in [6, 6.07) is 0. The maximum atomic E-state index is 12.8. The fourth-order valence-electron chi connectivity index (χ4n) is 1.31. The van der Waals surface area contributed by atoms with Crippen molar-refractivity contribution in [3.05, 3.63) is 23.0 Å². The third-order valence-electron chi connectivity index (χ3n) is 2.00. The standard InChI is InChI=1S/C10H10BrF2NO3/c1-2-17-10(16)7-5(3-11)14-4-6(15)8(7)9(12)13/h4,9,15H,2-3H2,1H3. The van der Waals surface area contributed by atoms with Gasteiger partial charge in [-0.2, -0.15) is 0 Å². The van der Waals surface area contributed by atoms with Crippen molar-refractivity contribution in [1.29, 1.82) is 0 Å². The van der Waals surface area contributed by atoms with Gasteiger partial charge in [0.15, 0.2) is 0 Å². The monoisotopic (exact) mass is 309 g/mol. The third kappa shape index (κ3) is 2.91. The highest BCUT2D eigenvalue weighted by Crippen LogP contribution is 2.33. The molecule has 0 aromatic carbocycles. The lowest BCUT2D eigenvalue weighted by Crippen LogP contribution is -2.13. The van der Waals surface area contributed by atoms with Crippen LogP contribution in [0.3, 0.4) is 0 Å². The Labute approximate surface area is 105 Å². The molecule has 0 saturated carbocycles. The largest absolute Gasteiger partial charge is 0.506 e. The van der Waals surface area contributed by atoms with Gasteiger partial charge in [-0.25, -0.2) is 13.6 Å². The predicted octanol–water partition coefficient (Wildman–Crippen LogP) is 2.80. The first-order valence-electron chi connectivity index (χ1n) is 4.74. The highest BCUT2D eigenvalue weighted by atomic mass is 79.9. The molecule has 1 rings (SSSR count). The molecule has 1 aromatic rings. The molecule has 94 valence electrons. The molecular formula is C10H10BrF2NO3. The number of alkyl halides is 3. The van der Waals surface area contributed by atoms with E-state index in [2.05, 4.69) is 25.7 Å². The Kier molecular flexibility index (Phi) is 4.80. The summed E-state index contributed by atoms with van der Waals surface area (Å²) in [5.41, 5.74) is -1.01. The second-order valence-electron chi connectivity index (χ2n) is 3.03. The summed E-state index contributed by atoms with van der Waals surface area (Å²) in [5, 5.41) is 9.45. The van der Waals surface area contributed by atoms with E-state index in [4.69, 9.17) is 0 Å². The van der Waals surface area contributed by atoms with Crippen LogP contribution in [-0.2, 0) is 10.1 Å². The number of halogens is 3. The van der Waals surface area contributed by atoms with E-state index in [9.17, 15) is 18.7 Å². The van der Waals surface area contributed by atoms with Crippen molar-refractivity contribution in [3.8, 4) is 5.75 Å². The minimum Gasteiger partial charge on any atom is -0.506 e. The van der Waals surface area contributed by atoms with Gasteiger partial charge in [-0.1, -0.05) is 15.9 Å². The van der Waals surface area contributed by atoms with Gasteiger partial charge < -0.3 is 9.84 Å². The van der Waals surface area contributed by atoms with Gasteiger partial charge in [0.2, 0.25) is 0 Å². The molecule has 0 bridgehead atoms. The number of rotatable bonds is 4. The van der Waals surface area contributed by atoms with Crippen LogP contribution in [0.5, 0.6) is 5.75 Å². The molecule has 0 fully saturated rings. The minimum absolute atomic E-state index is 0.0545. The van der Waals surface area contributed by atoms with E-state index in [1.165, 1.54) is 0 Å². The normalized spacial score (nSPS) is 10.6. The number of nitrogens with zero attached hydrogens (tertiary/aromatic N) is 1. The Bertz CT molecular complexity index is 426. The second kappa shape index (κ2) is 5.90. The van der Waals surface area contributed by atoms with Crippen LogP contribution in [0.1, 0.15) is 35.0 Å². The van der Waals surface area contributed by atoms with E-state index >= 15 is 0 Å². The molecule has 7 heteroatoms. The Hall–Kier alpha value is -1.24. The van der Waals surface area contributed by atoms with Gasteiger partial charge in [-0.15, -0.1) is 0 Å². The minimum atomic E-state index is -2.98. The number of pyridine rings is 1. The number of carbonyl (C=O) groups excluding carboxylic acids is 1. The van der Waals surface area contributed by atoms with Crippen LogP contribution in [0.2, 0.25) is 0 Å². The number of esters is 1. The molecule has 0 saturated heterocycles. The van der Waals surface area contributed by atoms with Crippen molar-refractivity contribution in [2.45, 2.75) is 18.7 Å². The number of aromatic nitrogens is 1. The van der Waals surface area contributed by atoms with Gasteiger partial charge in [0.25, 0.3) is 6.43 Å². The number of hydrogen-bond acceptors (Lipinski definition) is 4. The van der Waals surface area contributed by atoms with Gasteiger partial charge in [-0.3, -0.25) is 4.98 Å². The van der Waals surface area contributed by atoms with Gasteiger partial charge in [-0.05, 0) is 6.92 Å². The summed E-state index contributed by atoms with van der Waals surface area (Å²) >= 11 is 3.04. The van der Waals surface area contributed by atoms with E-state index in [0.29, 0.717) is 0 Å².